The lowest BCUT2D eigenvalue weighted by Crippen LogP contribution is -2.16. The van der Waals surface area contributed by atoms with Crippen LogP contribution in [0.1, 0.15) is 33.1 Å². The third-order valence-corrected chi connectivity index (χ3v) is 3.01. The molecule has 0 aromatic carbocycles. The van der Waals surface area contributed by atoms with Crippen molar-refractivity contribution >= 4 is 11.6 Å². The zero-order chi connectivity index (χ0) is 9.45. The lowest BCUT2D eigenvalue weighted by molar-refractivity contribution is 0.331. The summed E-state index contributed by atoms with van der Waals surface area (Å²) in [5.41, 5.74) is 0.313. The van der Waals surface area contributed by atoms with Gasteiger partial charge in [0.2, 0.25) is 0 Å². The largest absolute Gasteiger partial charge is 0.126 e. The van der Waals surface area contributed by atoms with Crippen LogP contribution in [-0.4, -0.2) is 5.88 Å². The van der Waals surface area contributed by atoms with Gasteiger partial charge in [-0.1, -0.05) is 38.7 Å². The van der Waals surface area contributed by atoms with Crippen molar-refractivity contribution in [3.8, 4) is 0 Å². The van der Waals surface area contributed by atoms with Gasteiger partial charge in [-0.15, -0.1) is 11.6 Å². The molecule has 0 heterocycles. The Labute approximate surface area is 81.3 Å². The Bertz CT molecular complexity index is 143. The second-order valence-electron chi connectivity index (χ2n) is 3.50. The number of allylic oxidation sites excluding steroid dienone is 3. The molecule has 0 bridgehead atoms. The van der Waals surface area contributed by atoms with Gasteiger partial charge in [0, 0.05) is 5.88 Å². The van der Waals surface area contributed by atoms with Crippen molar-refractivity contribution in [3.63, 3.8) is 0 Å². The monoisotopic (exact) mass is 186 g/mol. The maximum atomic E-state index is 5.88. The van der Waals surface area contributed by atoms with Crippen LogP contribution in [0.3, 0.4) is 0 Å². The van der Waals surface area contributed by atoms with Gasteiger partial charge in [-0.2, -0.15) is 0 Å². The van der Waals surface area contributed by atoms with Gasteiger partial charge in [-0.25, -0.2) is 0 Å². The SMILES string of the molecule is C=C/C=C/CCC(C)(CC)CCl. The van der Waals surface area contributed by atoms with Crippen molar-refractivity contribution in [2.75, 3.05) is 5.88 Å². The highest BCUT2D eigenvalue weighted by molar-refractivity contribution is 6.18. The van der Waals surface area contributed by atoms with Crippen LogP contribution in [0.5, 0.6) is 0 Å². The maximum Gasteiger partial charge on any atom is 0.0277 e. The first kappa shape index (κ1) is 11.8. The first-order valence-electron chi connectivity index (χ1n) is 4.52. The predicted molar refractivity (Wildman–Crippen MR) is 57.7 cm³/mol. The van der Waals surface area contributed by atoms with Gasteiger partial charge in [-0.3, -0.25) is 0 Å². The fraction of sp³-hybridized carbons (Fsp3) is 0.636. The standard InChI is InChI=1S/C11H19Cl/c1-4-6-7-8-9-11(3,5-2)10-12/h4,6-7H,1,5,8-10H2,2-3H3/b7-6+. The second kappa shape index (κ2) is 6.30. The molecule has 70 valence electrons. The van der Waals surface area contributed by atoms with E-state index in [4.69, 9.17) is 11.6 Å². The first-order valence-corrected chi connectivity index (χ1v) is 5.05. The first-order chi connectivity index (χ1) is 5.68. The molecular weight excluding hydrogens is 168 g/mol. The van der Waals surface area contributed by atoms with Crippen molar-refractivity contribution in [3.05, 3.63) is 24.8 Å². The molecule has 1 atom stereocenters. The van der Waals surface area contributed by atoms with Gasteiger partial charge < -0.3 is 0 Å². The number of rotatable bonds is 6. The Balaban J connectivity index is 3.72. The van der Waals surface area contributed by atoms with Crippen molar-refractivity contribution in [1.82, 2.24) is 0 Å². The topological polar surface area (TPSA) is 0 Å². The Hall–Kier alpha value is -0.230. The Kier molecular flexibility index (Phi) is 6.18. The smallest absolute Gasteiger partial charge is 0.0277 e. The van der Waals surface area contributed by atoms with E-state index in [1.807, 2.05) is 12.2 Å². The maximum absolute atomic E-state index is 5.88. The van der Waals surface area contributed by atoms with Crippen molar-refractivity contribution in [1.29, 1.82) is 0 Å². The summed E-state index contributed by atoms with van der Waals surface area (Å²) in [6.45, 7) is 8.05. The van der Waals surface area contributed by atoms with Crippen LogP contribution in [0.2, 0.25) is 0 Å². The summed E-state index contributed by atoms with van der Waals surface area (Å²) in [6.07, 6.45) is 9.36. The molecule has 1 unspecified atom stereocenters. The van der Waals surface area contributed by atoms with Gasteiger partial charge in [0.1, 0.15) is 0 Å². The van der Waals surface area contributed by atoms with E-state index in [1.165, 1.54) is 0 Å². The molecule has 0 aliphatic carbocycles. The van der Waals surface area contributed by atoms with Gasteiger partial charge in [-0.05, 0) is 24.7 Å². The average molecular weight is 187 g/mol. The Morgan fingerprint density at radius 3 is 2.58 bits per heavy atom. The molecule has 0 fully saturated rings. The number of halogens is 1. The highest BCUT2D eigenvalue weighted by atomic mass is 35.5. The Morgan fingerprint density at radius 1 is 1.50 bits per heavy atom. The number of hydrogen-bond acceptors (Lipinski definition) is 0. The molecule has 0 saturated heterocycles. The summed E-state index contributed by atoms with van der Waals surface area (Å²) in [5.74, 6) is 0.755. The predicted octanol–water partition coefficient (Wildman–Crippen LogP) is 4.16. The molecule has 1 heteroatoms. The van der Waals surface area contributed by atoms with E-state index in [0.29, 0.717) is 5.41 Å². The van der Waals surface area contributed by atoms with Crippen LogP contribution in [-0.2, 0) is 0 Å². The van der Waals surface area contributed by atoms with Crippen LogP contribution in [0, 0.1) is 5.41 Å². The second-order valence-corrected chi connectivity index (χ2v) is 3.77. The minimum Gasteiger partial charge on any atom is -0.126 e. The molecule has 0 nitrogen and oxygen atoms in total. The molecule has 0 aromatic rings. The zero-order valence-corrected chi connectivity index (χ0v) is 8.90. The summed E-state index contributed by atoms with van der Waals surface area (Å²) >= 11 is 5.88. The summed E-state index contributed by atoms with van der Waals surface area (Å²) in [7, 11) is 0. The number of alkyl halides is 1. The molecular formula is C11H19Cl. The lowest BCUT2D eigenvalue weighted by atomic mass is 9.85. The van der Waals surface area contributed by atoms with E-state index >= 15 is 0 Å². The molecule has 0 aliphatic rings. The van der Waals surface area contributed by atoms with E-state index in [1.54, 1.807) is 0 Å². The van der Waals surface area contributed by atoms with Crippen LogP contribution in [0.15, 0.2) is 24.8 Å². The van der Waals surface area contributed by atoms with Gasteiger partial charge in [0.25, 0.3) is 0 Å². The summed E-state index contributed by atoms with van der Waals surface area (Å²) in [5, 5.41) is 0. The van der Waals surface area contributed by atoms with Crippen molar-refractivity contribution in [2.45, 2.75) is 33.1 Å². The zero-order valence-electron chi connectivity index (χ0n) is 8.15. The molecule has 0 aliphatic heterocycles. The quantitative estimate of drug-likeness (QED) is 0.432. The highest BCUT2D eigenvalue weighted by Crippen LogP contribution is 2.28. The molecule has 0 radical (unpaired) electrons. The fourth-order valence-electron chi connectivity index (χ4n) is 0.962. The highest BCUT2D eigenvalue weighted by Gasteiger charge is 2.18. The van der Waals surface area contributed by atoms with Crippen LogP contribution in [0.25, 0.3) is 0 Å². The molecule has 0 aromatic heterocycles. The lowest BCUT2D eigenvalue weighted by Gasteiger charge is -2.24. The summed E-state index contributed by atoms with van der Waals surface area (Å²) < 4.78 is 0. The third kappa shape index (κ3) is 4.61. The van der Waals surface area contributed by atoms with E-state index in [9.17, 15) is 0 Å². The van der Waals surface area contributed by atoms with E-state index in [0.717, 1.165) is 25.1 Å². The molecule has 12 heavy (non-hydrogen) atoms. The van der Waals surface area contributed by atoms with Gasteiger partial charge >= 0.3 is 0 Å². The third-order valence-electron chi connectivity index (χ3n) is 2.36. The minimum absolute atomic E-state index is 0.313. The normalized spacial score (nSPS) is 16.2. The van der Waals surface area contributed by atoms with Gasteiger partial charge in [0.05, 0.1) is 0 Å². The molecule has 0 amide bonds. The molecule has 0 N–H and O–H groups in total. The van der Waals surface area contributed by atoms with Gasteiger partial charge in [0.15, 0.2) is 0 Å². The molecule has 0 spiro atoms. The van der Waals surface area contributed by atoms with E-state index in [2.05, 4.69) is 26.5 Å². The minimum atomic E-state index is 0.313. The fourth-order valence-corrected chi connectivity index (χ4v) is 1.28. The number of hydrogen-bond donors (Lipinski definition) is 0. The summed E-state index contributed by atoms with van der Waals surface area (Å²) in [6, 6.07) is 0. The van der Waals surface area contributed by atoms with Crippen LogP contribution < -0.4 is 0 Å². The van der Waals surface area contributed by atoms with Crippen molar-refractivity contribution < 1.29 is 0 Å². The average Bonchev–Trinajstić information content (AvgIpc) is 2.12. The van der Waals surface area contributed by atoms with Crippen LogP contribution >= 0.6 is 11.6 Å². The van der Waals surface area contributed by atoms with Crippen LogP contribution in [0.4, 0.5) is 0 Å². The molecule has 0 saturated carbocycles. The van der Waals surface area contributed by atoms with E-state index < -0.39 is 0 Å². The molecule has 0 rings (SSSR count). The Morgan fingerprint density at radius 2 is 2.17 bits per heavy atom. The van der Waals surface area contributed by atoms with Crippen molar-refractivity contribution in [2.24, 2.45) is 5.41 Å². The summed E-state index contributed by atoms with van der Waals surface area (Å²) in [4.78, 5) is 0. The van der Waals surface area contributed by atoms with E-state index in [-0.39, 0.29) is 0 Å².